The van der Waals surface area contributed by atoms with Gasteiger partial charge in [0.1, 0.15) is 23.9 Å². The number of likely N-dealkylation sites (tertiary alicyclic amines) is 1. The second kappa shape index (κ2) is 11.2. The summed E-state index contributed by atoms with van der Waals surface area (Å²) in [6.45, 7) is 0.584. The van der Waals surface area contributed by atoms with E-state index in [1.165, 1.54) is 28.6 Å². The molecule has 1 aliphatic rings. The van der Waals surface area contributed by atoms with Crippen LogP contribution in [0.15, 0.2) is 91.3 Å². The lowest BCUT2D eigenvalue weighted by molar-refractivity contribution is -0.138. The van der Waals surface area contributed by atoms with Crippen molar-refractivity contribution in [3.8, 4) is 11.5 Å². The van der Waals surface area contributed by atoms with E-state index < -0.39 is 6.04 Å². The van der Waals surface area contributed by atoms with Gasteiger partial charge in [0, 0.05) is 19.2 Å². The van der Waals surface area contributed by atoms with E-state index in [4.69, 9.17) is 4.74 Å². The van der Waals surface area contributed by atoms with Crippen LogP contribution in [-0.4, -0.2) is 44.2 Å². The average Bonchev–Trinajstić information content (AvgIpc) is 3.57. The molecule has 0 radical (unpaired) electrons. The predicted molar refractivity (Wildman–Crippen MR) is 135 cm³/mol. The number of nitrogens with zero attached hydrogens (tertiary/aromatic N) is 4. The molecule has 0 bridgehead atoms. The number of hydrogen-bond acceptors (Lipinski definition) is 5. The summed E-state index contributed by atoms with van der Waals surface area (Å²) < 4.78 is 20.3. The van der Waals surface area contributed by atoms with Crippen molar-refractivity contribution in [2.75, 3.05) is 6.54 Å². The maximum Gasteiger partial charge on any atom is 0.244 e. The quantitative estimate of drug-likeness (QED) is 0.340. The molecule has 188 valence electrons. The molecule has 2 atom stereocenters. The molecule has 0 spiro atoms. The van der Waals surface area contributed by atoms with Gasteiger partial charge in [0.05, 0.1) is 12.2 Å². The van der Waals surface area contributed by atoms with Gasteiger partial charge in [-0.05, 0) is 66.3 Å². The lowest BCUT2D eigenvalue weighted by Crippen LogP contribution is -2.42. The number of carbonyl (C=O) groups is 2. The van der Waals surface area contributed by atoms with E-state index in [1.807, 2.05) is 30.3 Å². The van der Waals surface area contributed by atoms with Crippen molar-refractivity contribution in [3.63, 3.8) is 0 Å². The molecule has 8 heteroatoms. The Morgan fingerprint density at radius 3 is 2.30 bits per heavy atom. The maximum absolute atomic E-state index is 13.4. The molecule has 7 nitrogen and oxygen atoms in total. The van der Waals surface area contributed by atoms with Gasteiger partial charge in [-0.3, -0.25) is 9.59 Å². The molecule has 0 N–H and O–H groups in total. The summed E-state index contributed by atoms with van der Waals surface area (Å²) >= 11 is 0. The van der Waals surface area contributed by atoms with Gasteiger partial charge >= 0.3 is 0 Å². The molecule has 1 saturated heterocycles. The standard InChI is InChI=1S/C29H27FN4O3/c30-24-8-12-26(13-9-24)37-25-10-6-22(7-11-25)18-28(35)27-17-23(16-21-4-2-1-3-5-21)19-34(27)29(36)20-33-15-14-31-32-33/h1-15,23,27H,16-20H2/t23-,27+/m1/s1. The van der Waals surface area contributed by atoms with E-state index in [0.717, 1.165) is 12.0 Å². The summed E-state index contributed by atoms with van der Waals surface area (Å²) in [6.07, 6.45) is 4.83. The third-order valence-electron chi connectivity index (χ3n) is 6.57. The number of ether oxygens (including phenoxy) is 1. The molecule has 5 rings (SSSR count). The van der Waals surface area contributed by atoms with Gasteiger partial charge in [-0.25, -0.2) is 9.07 Å². The van der Waals surface area contributed by atoms with E-state index in [2.05, 4.69) is 22.4 Å². The molecule has 1 aromatic heterocycles. The summed E-state index contributed by atoms with van der Waals surface area (Å²) in [4.78, 5) is 28.3. The zero-order chi connectivity index (χ0) is 25.6. The molecule has 0 saturated carbocycles. The van der Waals surface area contributed by atoms with Gasteiger partial charge < -0.3 is 9.64 Å². The Labute approximate surface area is 214 Å². The van der Waals surface area contributed by atoms with Gasteiger partial charge in [0.25, 0.3) is 0 Å². The average molecular weight is 499 g/mol. The van der Waals surface area contributed by atoms with E-state index >= 15 is 0 Å². The Morgan fingerprint density at radius 1 is 0.919 bits per heavy atom. The van der Waals surface area contributed by atoms with Crippen LogP contribution in [0.2, 0.25) is 0 Å². The highest BCUT2D eigenvalue weighted by Crippen LogP contribution is 2.29. The molecule has 3 aromatic carbocycles. The molecule has 0 unspecified atom stereocenters. The van der Waals surface area contributed by atoms with Crippen LogP contribution in [-0.2, 0) is 29.0 Å². The van der Waals surface area contributed by atoms with Crippen molar-refractivity contribution >= 4 is 11.7 Å². The smallest absolute Gasteiger partial charge is 0.244 e. The number of ketones is 1. The van der Waals surface area contributed by atoms with Crippen LogP contribution in [0.25, 0.3) is 0 Å². The predicted octanol–water partition coefficient (Wildman–Crippen LogP) is 4.48. The van der Waals surface area contributed by atoms with E-state index in [1.54, 1.807) is 35.4 Å². The van der Waals surface area contributed by atoms with Gasteiger partial charge in [0.15, 0.2) is 5.78 Å². The molecule has 37 heavy (non-hydrogen) atoms. The van der Waals surface area contributed by atoms with Crippen molar-refractivity contribution < 1.29 is 18.7 Å². The molecular weight excluding hydrogens is 471 g/mol. The first kappa shape index (κ1) is 24.4. The SMILES string of the molecule is O=C(Cc1ccc(Oc2ccc(F)cc2)cc1)[C@@H]1C[C@@H](Cc2ccccc2)CN1C(=O)Cn1ccnn1. The van der Waals surface area contributed by atoms with E-state index in [9.17, 15) is 14.0 Å². The topological polar surface area (TPSA) is 77.3 Å². The largest absolute Gasteiger partial charge is 0.457 e. The fourth-order valence-electron chi connectivity index (χ4n) is 4.78. The van der Waals surface area contributed by atoms with Crippen LogP contribution in [0, 0.1) is 11.7 Å². The van der Waals surface area contributed by atoms with E-state index in [0.29, 0.717) is 24.5 Å². The molecule has 1 aliphatic heterocycles. The minimum atomic E-state index is -0.486. The fraction of sp³-hybridized carbons (Fsp3) is 0.241. The zero-order valence-corrected chi connectivity index (χ0v) is 20.2. The normalized spacial score (nSPS) is 17.1. The van der Waals surface area contributed by atoms with Crippen LogP contribution < -0.4 is 4.74 Å². The molecule has 1 fully saturated rings. The number of halogens is 1. The first-order valence-electron chi connectivity index (χ1n) is 12.3. The molecule has 4 aromatic rings. The highest BCUT2D eigenvalue weighted by molar-refractivity contribution is 5.91. The number of aromatic nitrogens is 3. The first-order chi connectivity index (χ1) is 18.0. The number of carbonyl (C=O) groups excluding carboxylic acids is 2. The molecule has 1 amide bonds. The Hall–Kier alpha value is -4.33. The fourth-order valence-corrected chi connectivity index (χ4v) is 4.78. The highest BCUT2D eigenvalue weighted by Gasteiger charge is 2.39. The van der Waals surface area contributed by atoms with Crippen LogP contribution in [0.1, 0.15) is 17.5 Å². The van der Waals surface area contributed by atoms with Gasteiger partial charge in [-0.2, -0.15) is 0 Å². The van der Waals surface area contributed by atoms with Crippen LogP contribution >= 0.6 is 0 Å². The summed E-state index contributed by atoms with van der Waals surface area (Å²) in [6, 6.07) is 22.7. The third kappa shape index (κ3) is 6.27. The zero-order valence-electron chi connectivity index (χ0n) is 20.2. The number of amides is 1. The number of benzene rings is 3. The molecule has 2 heterocycles. The van der Waals surface area contributed by atoms with Gasteiger partial charge in [-0.1, -0.05) is 47.7 Å². The third-order valence-corrected chi connectivity index (χ3v) is 6.57. The summed E-state index contributed by atoms with van der Waals surface area (Å²) in [5.41, 5.74) is 2.03. The van der Waals surface area contributed by atoms with Crippen molar-refractivity contribution in [1.82, 2.24) is 19.9 Å². The monoisotopic (exact) mass is 498 g/mol. The minimum Gasteiger partial charge on any atom is -0.457 e. The van der Waals surface area contributed by atoms with Crippen molar-refractivity contribution in [3.05, 3.63) is 108 Å². The Bertz CT molecular complexity index is 1330. The van der Waals surface area contributed by atoms with Gasteiger partial charge in [-0.15, -0.1) is 5.10 Å². The summed E-state index contributed by atoms with van der Waals surface area (Å²) in [7, 11) is 0. The summed E-state index contributed by atoms with van der Waals surface area (Å²) in [5, 5.41) is 7.67. The second-order valence-electron chi connectivity index (χ2n) is 9.30. The second-order valence-corrected chi connectivity index (χ2v) is 9.30. The van der Waals surface area contributed by atoms with Crippen molar-refractivity contribution in [2.45, 2.75) is 31.8 Å². The summed E-state index contributed by atoms with van der Waals surface area (Å²) in [5.74, 6) is 0.867. The Morgan fingerprint density at radius 2 is 1.62 bits per heavy atom. The lowest BCUT2D eigenvalue weighted by atomic mass is 9.94. The Kier molecular flexibility index (Phi) is 7.35. The van der Waals surface area contributed by atoms with Gasteiger partial charge in [0.2, 0.25) is 5.91 Å². The van der Waals surface area contributed by atoms with Crippen LogP contribution in [0.4, 0.5) is 4.39 Å². The first-order valence-corrected chi connectivity index (χ1v) is 12.3. The number of Topliss-reactive ketones (excluding diaryl/α,β-unsaturated/α-hetero) is 1. The number of hydrogen-bond donors (Lipinski definition) is 0. The van der Waals surface area contributed by atoms with Crippen LogP contribution in [0.5, 0.6) is 11.5 Å². The molecule has 0 aliphatic carbocycles. The highest BCUT2D eigenvalue weighted by atomic mass is 19.1. The Balaban J connectivity index is 1.26. The molecular formula is C29H27FN4O3. The van der Waals surface area contributed by atoms with E-state index in [-0.39, 0.29) is 36.4 Å². The van der Waals surface area contributed by atoms with Crippen LogP contribution in [0.3, 0.4) is 0 Å². The van der Waals surface area contributed by atoms with Crippen molar-refractivity contribution in [1.29, 1.82) is 0 Å². The minimum absolute atomic E-state index is 0.00899. The maximum atomic E-state index is 13.4. The number of rotatable bonds is 9. The lowest BCUT2D eigenvalue weighted by Gasteiger charge is -2.23. The van der Waals surface area contributed by atoms with Crippen molar-refractivity contribution in [2.24, 2.45) is 5.92 Å².